The van der Waals surface area contributed by atoms with E-state index in [1.165, 1.54) is 32.8 Å². The van der Waals surface area contributed by atoms with Crippen LogP contribution >= 0.6 is 0 Å². The van der Waals surface area contributed by atoms with Crippen molar-refractivity contribution in [3.05, 3.63) is 29.6 Å². The number of nitrogens with two attached hydrogens (primary N) is 1. The molecular formula is C16H26FNO. The molecule has 0 heterocycles. The predicted molar refractivity (Wildman–Crippen MR) is 78.0 cm³/mol. The third-order valence-electron chi connectivity index (χ3n) is 3.42. The van der Waals surface area contributed by atoms with Crippen LogP contribution in [0.15, 0.2) is 18.2 Å². The van der Waals surface area contributed by atoms with Gasteiger partial charge in [0.15, 0.2) is 11.6 Å². The highest BCUT2D eigenvalue weighted by atomic mass is 19.1. The molecule has 1 aromatic carbocycles. The molecule has 0 saturated carbocycles. The Kier molecular flexibility index (Phi) is 7.49. The molecular weight excluding hydrogens is 241 g/mol. The van der Waals surface area contributed by atoms with Crippen LogP contribution in [0, 0.1) is 5.82 Å². The highest BCUT2D eigenvalue weighted by Crippen LogP contribution is 2.21. The molecule has 2 N–H and O–H groups in total. The summed E-state index contributed by atoms with van der Waals surface area (Å²) >= 11 is 0. The van der Waals surface area contributed by atoms with Crippen molar-refractivity contribution in [3.63, 3.8) is 0 Å². The molecule has 0 aliphatic heterocycles. The highest BCUT2D eigenvalue weighted by Gasteiger charge is 2.11. The van der Waals surface area contributed by atoms with Crippen LogP contribution in [0.25, 0.3) is 0 Å². The van der Waals surface area contributed by atoms with Crippen LogP contribution in [0.3, 0.4) is 0 Å². The molecule has 0 aromatic heterocycles. The van der Waals surface area contributed by atoms with E-state index in [0.717, 1.165) is 12.8 Å². The van der Waals surface area contributed by atoms with Gasteiger partial charge in [-0.15, -0.1) is 0 Å². The number of benzene rings is 1. The fraction of sp³-hybridized carbons (Fsp3) is 0.625. The van der Waals surface area contributed by atoms with Crippen molar-refractivity contribution in [1.29, 1.82) is 0 Å². The maximum atomic E-state index is 13.9. The number of hydrogen-bond donors (Lipinski definition) is 1. The first-order chi connectivity index (χ1) is 9.19. The van der Waals surface area contributed by atoms with Gasteiger partial charge in [0.2, 0.25) is 0 Å². The second-order valence-corrected chi connectivity index (χ2v) is 5.10. The predicted octanol–water partition coefficient (Wildman–Crippen LogP) is 4.06. The lowest BCUT2D eigenvalue weighted by atomic mass is 10.00. The summed E-state index contributed by atoms with van der Waals surface area (Å²) < 4.78 is 18.9. The maximum absolute atomic E-state index is 13.9. The summed E-state index contributed by atoms with van der Waals surface area (Å²) in [5, 5.41) is 0. The molecule has 0 amide bonds. The third-order valence-corrected chi connectivity index (χ3v) is 3.42. The fourth-order valence-corrected chi connectivity index (χ4v) is 2.27. The topological polar surface area (TPSA) is 35.2 Å². The Morgan fingerprint density at radius 1 is 1.21 bits per heavy atom. The monoisotopic (exact) mass is 267 g/mol. The summed E-state index contributed by atoms with van der Waals surface area (Å²) in [6.45, 7) is 2.21. The van der Waals surface area contributed by atoms with Crippen molar-refractivity contribution in [1.82, 2.24) is 0 Å². The van der Waals surface area contributed by atoms with Gasteiger partial charge in [0, 0.05) is 6.04 Å². The van der Waals surface area contributed by atoms with Crippen molar-refractivity contribution in [2.24, 2.45) is 5.73 Å². The second kappa shape index (κ2) is 8.92. The van der Waals surface area contributed by atoms with Crippen LogP contribution < -0.4 is 10.5 Å². The largest absolute Gasteiger partial charge is 0.494 e. The number of unbranched alkanes of at least 4 members (excludes halogenated alkanes) is 4. The van der Waals surface area contributed by atoms with Crippen LogP contribution in [-0.2, 0) is 6.42 Å². The molecule has 1 unspecified atom stereocenters. The zero-order chi connectivity index (χ0) is 14.1. The Bertz CT molecular complexity index is 368. The highest BCUT2D eigenvalue weighted by molar-refractivity contribution is 5.31. The van der Waals surface area contributed by atoms with Crippen LogP contribution in [-0.4, -0.2) is 13.2 Å². The first-order valence-electron chi connectivity index (χ1n) is 7.26. The average molecular weight is 267 g/mol. The standard InChI is InChI=1S/C16H26FNO/c1-3-4-5-6-7-10-14(18)12-13-9-8-11-15(19-2)16(13)17/h8-9,11,14H,3-7,10,12,18H2,1-2H3. The third kappa shape index (κ3) is 5.60. The Morgan fingerprint density at radius 3 is 2.63 bits per heavy atom. The summed E-state index contributed by atoms with van der Waals surface area (Å²) in [6, 6.07) is 5.26. The lowest BCUT2D eigenvalue weighted by Gasteiger charge is -2.13. The minimum Gasteiger partial charge on any atom is -0.494 e. The van der Waals surface area contributed by atoms with Crippen molar-refractivity contribution >= 4 is 0 Å². The SMILES string of the molecule is CCCCCCCC(N)Cc1cccc(OC)c1F. The van der Waals surface area contributed by atoms with Crippen LogP contribution in [0.1, 0.15) is 51.0 Å². The summed E-state index contributed by atoms with van der Waals surface area (Å²) in [4.78, 5) is 0. The fourth-order valence-electron chi connectivity index (χ4n) is 2.27. The van der Waals surface area contributed by atoms with E-state index in [1.807, 2.05) is 6.07 Å². The molecule has 3 heteroatoms. The van der Waals surface area contributed by atoms with Crippen LogP contribution in [0.2, 0.25) is 0 Å². The minimum absolute atomic E-state index is 0.0308. The van der Waals surface area contributed by atoms with Gasteiger partial charge >= 0.3 is 0 Å². The van der Waals surface area contributed by atoms with E-state index in [1.54, 1.807) is 12.1 Å². The molecule has 2 nitrogen and oxygen atoms in total. The van der Waals surface area contributed by atoms with Gasteiger partial charge < -0.3 is 10.5 Å². The Hall–Kier alpha value is -1.09. The molecule has 0 aliphatic carbocycles. The lowest BCUT2D eigenvalue weighted by molar-refractivity contribution is 0.383. The summed E-state index contributed by atoms with van der Waals surface area (Å²) in [7, 11) is 1.48. The molecule has 1 atom stereocenters. The summed E-state index contributed by atoms with van der Waals surface area (Å²) in [5.41, 5.74) is 6.73. The lowest BCUT2D eigenvalue weighted by Crippen LogP contribution is -2.23. The molecule has 0 saturated heterocycles. The summed E-state index contributed by atoms with van der Waals surface area (Å²) in [6.07, 6.45) is 7.71. The number of halogens is 1. The molecule has 0 spiro atoms. The van der Waals surface area contributed by atoms with E-state index < -0.39 is 0 Å². The molecule has 108 valence electrons. The smallest absolute Gasteiger partial charge is 0.168 e. The van der Waals surface area contributed by atoms with E-state index in [2.05, 4.69) is 6.92 Å². The molecule has 1 aromatic rings. The zero-order valence-electron chi connectivity index (χ0n) is 12.1. The van der Waals surface area contributed by atoms with Crippen molar-refractivity contribution in [2.45, 2.75) is 57.9 Å². The van der Waals surface area contributed by atoms with Crippen LogP contribution in [0.5, 0.6) is 5.75 Å². The van der Waals surface area contributed by atoms with Gasteiger partial charge in [-0.3, -0.25) is 0 Å². The molecule has 0 aliphatic rings. The van der Waals surface area contributed by atoms with E-state index in [4.69, 9.17) is 10.5 Å². The molecule has 1 rings (SSSR count). The number of ether oxygens (including phenoxy) is 1. The molecule has 19 heavy (non-hydrogen) atoms. The van der Waals surface area contributed by atoms with E-state index >= 15 is 0 Å². The van der Waals surface area contributed by atoms with Gasteiger partial charge in [-0.05, 0) is 24.5 Å². The van der Waals surface area contributed by atoms with Gasteiger partial charge in [0.05, 0.1) is 7.11 Å². The van der Waals surface area contributed by atoms with Gasteiger partial charge in [-0.25, -0.2) is 4.39 Å². The molecule has 0 bridgehead atoms. The van der Waals surface area contributed by atoms with Gasteiger partial charge in [-0.1, -0.05) is 51.2 Å². The first kappa shape index (κ1) is 16.0. The van der Waals surface area contributed by atoms with Crippen molar-refractivity contribution in [2.75, 3.05) is 7.11 Å². The number of rotatable bonds is 9. The second-order valence-electron chi connectivity index (χ2n) is 5.10. The van der Waals surface area contributed by atoms with Gasteiger partial charge in [-0.2, -0.15) is 0 Å². The van der Waals surface area contributed by atoms with Crippen molar-refractivity contribution in [3.8, 4) is 5.75 Å². The Morgan fingerprint density at radius 2 is 1.95 bits per heavy atom. The quantitative estimate of drug-likeness (QED) is 0.685. The zero-order valence-corrected chi connectivity index (χ0v) is 12.1. The van der Waals surface area contributed by atoms with Gasteiger partial charge in [0.1, 0.15) is 0 Å². The van der Waals surface area contributed by atoms with Gasteiger partial charge in [0.25, 0.3) is 0 Å². The Balaban J connectivity index is 2.37. The number of hydrogen-bond acceptors (Lipinski definition) is 2. The van der Waals surface area contributed by atoms with Crippen molar-refractivity contribution < 1.29 is 9.13 Å². The van der Waals surface area contributed by atoms with E-state index in [9.17, 15) is 4.39 Å². The average Bonchev–Trinajstić information content (AvgIpc) is 2.41. The van der Waals surface area contributed by atoms with E-state index in [0.29, 0.717) is 17.7 Å². The summed E-state index contributed by atoms with van der Waals surface area (Å²) in [5.74, 6) is 0.0269. The first-order valence-corrected chi connectivity index (χ1v) is 7.26. The normalized spacial score (nSPS) is 12.4. The molecule has 0 fully saturated rings. The number of methoxy groups -OCH3 is 1. The minimum atomic E-state index is -0.272. The molecule has 0 radical (unpaired) electrons. The van der Waals surface area contributed by atoms with E-state index in [-0.39, 0.29) is 11.9 Å². The maximum Gasteiger partial charge on any atom is 0.168 e. The van der Waals surface area contributed by atoms with Crippen LogP contribution in [0.4, 0.5) is 4.39 Å². The Labute approximate surface area is 116 Å².